The van der Waals surface area contributed by atoms with Gasteiger partial charge in [0.2, 0.25) is 0 Å². The Labute approximate surface area is 141 Å². The van der Waals surface area contributed by atoms with E-state index in [0.29, 0.717) is 5.01 Å². The summed E-state index contributed by atoms with van der Waals surface area (Å²) in [4.78, 5) is 21.0. The summed E-state index contributed by atoms with van der Waals surface area (Å²) >= 11 is 1.33. The fourth-order valence-electron chi connectivity index (χ4n) is 2.97. The van der Waals surface area contributed by atoms with Gasteiger partial charge in [-0.2, -0.15) is 5.10 Å². The van der Waals surface area contributed by atoms with E-state index in [1.165, 1.54) is 11.3 Å². The molecule has 0 saturated heterocycles. The summed E-state index contributed by atoms with van der Waals surface area (Å²) < 4.78 is 3.95. The van der Waals surface area contributed by atoms with Gasteiger partial charge in [0.25, 0.3) is 5.91 Å². The molecular formula is C16H16N6OS. The Morgan fingerprint density at radius 1 is 1.33 bits per heavy atom. The molecule has 0 spiro atoms. The number of amides is 1. The topological polar surface area (TPSA) is 91.1 Å². The zero-order chi connectivity index (χ0) is 17.0. The predicted molar refractivity (Wildman–Crippen MR) is 93.2 cm³/mol. The van der Waals surface area contributed by atoms with Crippen LogP contribution in [0.1, 0.15) is 35.3 Å². The van der Waals surface area contributed by atoms with Gasteiger partial charge in [0, 0.05) is 17.8 Å². The van der Waals surface area contributed by atoms with Crippen molar-refractivity contribution in [1.82, 2.24) is 24.1 Å². The molecule has 4 aromatic heterocycles. The van der Waals surface area contributed by atoms with E-state index in [2.05, 4.69) is 39.5 Å². The Bertz CT molecular complexity index is 1090. The van der Waals surface area contributed by atoms with Crippen LogP contribution in [0.5, 0.6) is 0 Å². The number of carbonyl (C=O) groups is 1. The van der Waals surface area contributed by atoms with Crippen LogP contribution in [-0.2, 0) is 0 Å². The van der Waals surface area contributed by atoms with Gasteiger partial charge in [-0.05, 0) is 38.5 Å². The predicted octanol–water partition coefficient (Wildman–Crippen LogP) is 2.80. The highest BCUT2D eigenvalue weighted by Crippen LogP contribution is 2.35. The molecule has 1 amide bonds. The van der Waals surface area contributed by atoms with Crippen LogP contribution in [0.2, 0.25) is 0 Å². The van der Waals surface area contributed by atoms with Crippen LogP contribution in [0.4, 0.5) is 0 Å². The minimum atomic E-state index is -0.493. The van der Waals surface area contributed by atoms with E-state index < -0.39 is 5.91 Å². The first-order valence-corrected chi connectivity index (χ1v) is 8.39. The number of nitrogens with zero attached hydrogens (tertiary/aromatic N) is 5. The third kappa shape index (κ3) is 2.10. The molecule has 8 heteroatoms. The molecule has 4 rings (SSSR count). The lowest BCUT2D eigenvalue weighted by atomic mass is 10.1. The highest BCUT2D eigenvalue weighted by Gasteiger charge is 2.19. The number of carbonyl (C=O) groups excluding carboxylic acids is 1. The largest absolute Gasteiger partial charge is 0.364 e. The highest BCUT2D eigenvalue weighted by molar-refractivity contribution is 7.20. The van der Waals surface area contributed by atoms with Crippen molar-refractivity contribution in [3.63, 3.8) is 0 Å². The van der Waals surface area contributed by atoms with Crippen LogP contribution in [0.25, 0.3) is 27.3 Å². The smallest absolute Gasteiger partial charge is 0.277 e. The molecule has 0 fully saturated rings. The maximum absolute atomic E-state index is 11.4. The Kier molecular flexibility index (Phi) is 3.17. The molecule has 4 heterocycles. The van der Waals surface area contributed by atoms with E-state index in [-0.39, 0.29) is 6.04 Å². The molecule has 122 valence electrons. The lowest BCUT2D eigenvalue weighted by Gasteiger charge is -2.14. The van der Waals surface area contributed by atoms with E-state index in [1.807, 2.05) is 19.2 Å². The molecule has 0 aliphatic heterocycles. The summed E-state index contributed by atoms with van der Waals surface area (Å²) in [7, 11) is 0. The highest BCUT2D eigenvalue weighted by atomic mass is 32.1. The minimum absolute atomic E-state index is 0.213. The molecule has 0 saturated carbocycles. The van der Waals surface area contributed by atoms with Crippen molar-refractivity contribution in [1.29, 1.82) is 0 Å². The van der Waals surface area contributed by atoms with Crippen LogP contribution < -0.4 is 5.73 Å². The first-order chi connectivity index (χ1) is 11.5. The summed E-state index contributed by atoms with van der Waals surface area (Å²) in [5.74, 6) is -0.493. The number of pyridine rings is 1. The van der Waals surface area contributed by atoms with Gasteiger partial charge in [0.15, 0.2) is 10.7 Å². The molecule has 0 aliphatic carbocycles. The molecule has 7 nitrogen and oxygen atoms in total. The second-order valence-corrected chi connectivity index (χ2v) is 6.98. The van der Waals surface area contributed by atoms with E-state index in [1.54, 1.807) is 10.8 Å². The number of primary amides is 1. The molecular weight excluding hydrogens is 324 g/mol. The summed E-state index contributed by atoms with van der Waals surface area (Å²) in [5.41, 5.74) is 10.1. The number of hydrogen-bond acceptors (Lipinski definition) is 5. The van der Waals surface area contributed by atoms with Crippen molar-refractivity contribution >= 4 is 33.2 Å². The summed E-state index contributed by atoms with van der Waals surface area (Å²) in [5, 5.41) is 4.58. The van der Waals surface area contributed by atoms with Crippen molar-refractivity contribution in [3.05, 3.63) is 35.2 Å². The van der Waals surface area contributed by atoms with Gasteiger partial charge >= 0.3 is 0 Å². The third-order valence-corrected chi connectivity index (χ3v) is 5.05. The lowest BCUT2D eigenvalue weighted by molar-refractivity contribution is 0.1000. The van der Waals surface area contributed by atoms with E-state index >= 15 is 0 Å². The second-order valence-electron chi connectivity index (χ2n) is 6.01. The molecule has 0 aliphatic rings. The zero-order valence-corrected chi connectivity index (χ0v) is 14.3. The number of aryl methyl sites for hydroxylation is 1. The standard InChI is InChI=1S/C16H16N6OS/c1-8(2)22-12(5-11-16(22)24-15(20-11)13(17)23)10-4-9(3)14-18-7-19-21(14)6-10/h4-8H,1-3H3,(H2,17,23). The Hall–Kier alpha value is -2.74. The third-order valence-electron chi connectivity index (χ3n) is 3.97. The molecule has 0 bridgehead atoms. The van der Waals surface area contributed by atoms with Crippen LogP contribution in [0.15, 0.2) is 24.7 Å². The summed E-state index contributed by atoms with van der Waals surface area (Å²) in [6, 6.07) is 4.30. The van der Waals surface area contributed by atoms with E-state index in [9.17, 15) is 4.79 Å². The molecule has 0 aromatic carbocycles. The van der Waals surface area contributed by atoms with Crippen molar-refractivity contribution in [2.75, 3.05) is 0 Å². The van der Waals surface area contributed by atoms with Gasteiger partial charge in [0.05, 0.1) is 5.69 Å². The average molecular weight is 340 g/mol. The Morgan fingerprint density at radius 3 is 2.83 bits per heavy atom. The molecule has 0 atom stereocenters. The SMILES string of the molecule is Cc1cc(-c2cc3nc(C(N)=O)sc3n2C(C)C)cn2ncnc12. The average Bonchev–Trinajstić information content (AvgIpc) is 3.19. The van der Waals surface area contributed by atoms with Gasteiger partial charge in [-0.1, -0.05) is 11.3 Å². The number of aromatic nitrogens is 5. The fourth-order valence-corrected chi connectivity index (χ4v) is 4.02. The Morgan fingerprint density at radius 2 is 2.12 bits per heavy atom. The van der Waals surface area contributed by atoms with E-state index in [0.717, 1.165) is 32.8 Å². The molecule has 0 unspecified atom stereocenters. The molecule has 2 N–H and O–H groups in total. The van der Waals surface area contributed by atoms with Crippen LogP contribution in [0, 0.1) is 6.92 Å². The summed E-state index contributed by atoms with van der Waals surface area (Å²) in [6.45, 7) is 6.23. The van der Waals surface area contributed by atoms with Gasteiger partial charge < -0.3 is 10.3 Å². The second kappa shape index (κ2) is 5.13. The number of fused-ring (bicyclic) bond motifs is 2. The van der Waals surface area contributed by atoms with E-state index in [4.69, 9.17) is 5.73 Å². The number of thiazole rings is 1. The lowest BCUT2D eigenvalue weighted by Crippen LogP contribution is -2.10. The minimum Gasteiger partial charge on any atom is -0.364 e. The first kappa shape index (κ1) is 14.8. The molecule has 0 radical (unpaired) electrons. The van der Waals surface area contributed by atoms with Gasteiger partial charge in [-0.3, -0.25) is 4.79 Å². The van der Waals surface area contributed by atoms with Gasteiger partial charge in [-0.15, -0.1) is 0 Å². The maximum atomic E-state index is 11.4. The number of hydrogen-bond donors (Lipinski definition) is 1. The quantitative estimate of drug-likeness (QED) is 0.621. The monoisotopic (exact) mass is 340 g/mol. The maximum Gasteiger partial charge on any atom is 0.277 e. The molecule has 24 heavy (non-hydrogen) atoms. The normalized spacial score (nSPS) is 11.8. The van der Waals surface area contributed by atoms with Crippen molar-refractivity contribution in [2.24, 2.45) is 5.73 Å². The van der Waals surface area contributed by atoms with Crippen molar-refractivity contribution in [3.8, 4) is 11.3 Å². The van der Waals surface area contributed by atoms with Gasteiger partial charge in [0.1, 0.15) is 16.7 Å². The van der Waals surface area contributed by atoms with Crippen molar-refractivity contribution in [2.45, 2.75) is 26.8 Å². The van der Waals surface area contributed by atoms with Crippen LogP contribution >= 0.6 is 11.3 Å². The Balaban J connectivity index is 1.99. The number of rotatable bonds is 3. The fraction of sp³-hybridized carbons (Fsp3) is 0.250. The van der Waals surface area contributed by atoms with Gasteiger partial charge in [-0.25, -0.2) is 14.5 Å². The summed E-state index contributed by atoms with van der Waals surface area (Å²) in [6.07, 6.45) is 3.51. The van der Waals surface area contributed by atoms with Crippen molar-refractivity contribution < 1.29 is 4.79 Å². The number of nitrogens with two attached hydrogens (primary N) is 1. The van der Waals surface area contributed by atoms with Crippen LogP contribution in [0.3, 0.4) is 0 Å². The first-order valence-electron chi connectivity index (χ1n) is 7.57. The zero-order valence-electron chi connectivity index (χ0n) is 13.5. The molecule has 4 aromatic rings. The van der Waals surface area contributed by atoms with Crippen LogP contribution in [-0.4, -0.2) is 30.1 Å².